The molecule has 1 aliphatic heterocycles. The molecule has 1 saturated heterocycles. The zero-order chi connectivity index (χ0) is 18.6. The number of carbonyl (C=O) groups excluding carboxylic acids is 1. The number of hydrogen-bond donors (Lipinski definition) is 0. The van der Waals surface area contributed by atoms with Gasteiger partial charge >= 0.3 is 5.22 Å². The van der Waals surface area contributed by atoms with Crippen LogP contribution in [-0.4, -0.2) is 68.1 Å². The molecule has 0 N–H and O–H groups in total. The van der Waals surface area contributed by atoms with Gasteiger partial charge in [-0.15, -0.1) is 5.10 Å². The molecule has 0 bridgehead atoms. The van der Waals surface area contributed by atoms with E-state index in [0.717, 1.165) is 0 Å². The number of ether oxygens (including phenoxy) is 2. The van der Waals surface area contributed by atoms with Crippen LogP contribution in [-0.2, 0) is 19.4 Å². The summed E-state index contributed by atoms with van der Waals surface area (Å²) >= 11 is 0. The largest absolute Gasteiger partial charge is 0.494 e. The maximum absolute atomic E-state index is 12.4. The third kappa shape index (κ3) is 4.20. The smallest absolute Gasteiger partial charge is 0.336 e. The predicted octanol–water partition coefficient (Wildman–Crippen LogP) is 0.768. The van der Waals surface area contributed by atoms with Gasteiger partial charge in [0.25, 0.3) is 0 Å². The van der Waals surface area contributed by atoms with Crippen LogP contribution in [0.4, 0.5) is 0 Å². The van der Waals surface area contributed by atoms with E-state index in [2.05, 4.69) is 10.2 Å². The minimum atomic E-state index is -4.01. The van der Waals surface area contributed by atoms with Gasteiger partial charge in [0.1, 0.15) is 11.5 Å². The fourth-order valence-electron chi connectivity index (χ4n) is 2.44. The van der Waals surface area contributed by atoms with Gasteiger partial charge < -0.3 is 18.8 Å². The average molecular weight is 381 g/mol. The number of hydrogen-bond acceptors (Lipinski definition) is 8. The summed E-state index contributed by atoms with van der Waals surface area (Å²) in [6.45, 7) is 3.95. The molecule has 0 radical (unpaired) electrons. The molecule has 2 heterocycles. The van der Waals surface area contributed by atoms with E-state index in [0.29, 0.717) is 44.2 Å². The molecule has 3 rings (SSSR count). The molecule has 1 aromatic heterocycles. The molecule has 0 unspecified atom stereocenters. The predicted molar refractivity (Wildman–Crippen MR) is 90.4 cm³/mol. The Morgan fingerprint density at radius 2 is 1.88 bits per heavy atom. The third-order valence-corrected chi connectivity index (χ3v) is 5.09. The summed E-state index contributed by atoms with van der Waals surface area (Å²) in [5.74, 6) is -0.475. The van der Waals surface area contributed by atoms with Crippen molar-refractivity contribution in [2.75, 3.05) is 38.7 Å². The number of sulfone groups is 1. The quantitative estimate of drug-likeness (QED) is 0.721. The minimum absolute atomic E-state index is 0.0606. The normalized spacial score (nSPS) is 15.0. The van der Waals surface area contributed by atoms with Gasteiger partial charge in [-0.2, -0.15) is 0 Å². The lowest BCUT2D eigenvalue weighted by Gasteiger charge is -2.26. The monoisotopic (exact) mass is 381 g/mol. The second kappa shape index (κ2) is 7.83. The van der Waals surface area contributed by atoms with Crippen LogP contribution in [0.1, 0.15) is 6.92 Å². The summed E-state index contributed by atoms with van der Waals surface area (Å²) in [6.07, 6.45) is 0. The molecule has 1 aliphatic rings. The summed E-state index contributed by atoms with van der Waals surface area (Å²) in [5.41, 5.74) is 0.557. The molecular weight excluding hydrogens is 362 g/mol. The number of carbonyl (C=O) groups is 1. The molecule has 1 aromatic carbocycles. The van der Waals surface area contributed by atoms with Crippen molar-refractivity contribution in [3.63, 3.8) is 0 Å². The van der Waals surface area contributed by atoms with Crippen molar-refractivity contribution >= 4 is 15.7 Å². The lowest BCUT2D eigenvalue weighted by molar-refractivity contribution is -0.132. The second-order valence-electron chi connectivity index (χ2n) is 5.58. The third-order valence-electron chi connectivity index (χ3n) is 3.76. The van der Waals surface area contributed by atoms with Crippen LogP contribution >= 0.6 is 0 Å². The highest BCUT2D eigenvalue weighted by molar-refractivity contribution is 7.91. The minimum Gasteiger partial charge on any atom is -0.494 e. The van der Waals surface area contributed by atoms with E-state index in [-0.39, 0.29) is 5.89 Å². The topological polar surface area (TPSA) is 112 Å². The number of aromatic nitrogens is 2. The number of nitrogens with zero attached hydrogens (tertiary/aromatic N) is 3. The maximum atomic E-state index is 12.4. The van der Waals surface area contributed by atoms with Gasteiger partial charge in [-0.3, -0.25) is 4.79 Å². The van der Waals surface area contributed by atoms with Gasteiger partial charge in [0.2, 0.25) is 21.6 Å². The Labute approximate surface area is 150 Å². The summed E-state index contributed by atoms with van der Waals surface area (Å²) < 4.78 is 40.5. The molecule has 2 aromatic rings. The number of morpholine rings is 1. The van der Waals surface area contributed by atoms with Gasteiger partial charge in [0, 0.05) is 18.7 Å². The van der Waals surface area contributed by atoms with Crippen LogP contribution in [0.2, 0.25) is 0 Å². The van der Waals surface area contributed by atoms with E-state index in [9.17, 15) is 13.2 Å². The SMILES string of the molecule is CCOc1ccc(-c2nnc(S(=O)(=O)CC(=O)N3CCOCC3)o2)cc1. The summed E-state index contributed by atoms with van der Waals surface area (Å²) in [4.78, 5) is 13.6. The number of amides is 1. The van der Waals surface area contributed by atoms with Crippen LogP contribution in [0.3, 0.4) is 0 Å². The van der Waals surface area contributed by atoms with Gasteiger partial charge in [-0.1, -0.05) is 5.10 Å². The zero-order valence-electron chi connectivity index (χ0n) is 14.3. The van der Waals surface area contributed by atoms with Crippen LogP contribution in [0.5, 0.6) is 5.75 Å². The van der Waals surface area contributed by atoms with Crippen molar-refractivity contribution in [3.8, 4) is 17.2 Å². The molecular formula is C16H19N3O6S. The van der Waals surface area contributed by atoms with E-state index in [1.54, 1.807) is 24.3 Å². The van der Waals surface area contributed by atoms with Crippen LogP contribution in [0.15, 0.2) is 33.9 Å². The Hall–Kier alpha value is -2.46. The molecule has 9 nitrogen and oxygen atoms in total. The average Bonchev–Trinajstić information content (AvgIpc) is 3.14. The Morgan fingerprint density at radius 1 is 1.19 bits per heavy atom. The fraction of sp³-hybridized carbons (Fsp3) is 0.438. The summed E-state index contributed by atoms with van der Waals surface area (Å²) in [7, 11) is -4.01. The highest BCUT2D eigenvalue weighted by Gasteiger charge is 2.29. The molecule has 0 atom stereocenters. The molecule has 0 spiro atoms. The Bertz CT molecular complexity index is 856. The lowest BCUT2D eigenvalue weighted by atomic mass is 10.2. The second-order valence-corrected chi connectivity index (χ2v) is 7.45. The first-order valence-electron chi connectivity index (χ1n) is 8.14. The van der Waals surface area contributed by atoms with Crippen molar-refractivity contribution in [1.82, 2.24) is 15.1 Å². The summed E-state index contributed by atoms with van der Waals surface area (Å²) in [6, 6.07) is 6.82. The molecule has 10 heteroatoms. The van der Waals surface area contributed by atoms with E-state index in [1.165, 1.54) is 4.90 Å². The fourth-order valence-corrected chi connectivity index (χ4v) is 3.44. The maximum Gasteiger partial charge on any atom is 0.336 e. The Kier molecular flexibility index (Phi) is 5.52. The molecule has 26 heavy (non-hydrogen) atoms. The van der Waals surface area contributed by atoms with E-state index in [1.807, 2.05) is 6.92 Å². The lowest BCUT2D eigenvalue weighted by Crippen LogP contribution is -2.43. The molecule has 1 fully saturated rings. The molecule has 1 amide bonds. The van der Waals surface area contributed by atoms with E-state index >= 15 is 0 Å². The highest BCUT2D eigenvalue weighted by atomic mass is 32.2. The molecule has 0 saturated carbocycles. The standard InChI is InChI=1S/C16H19N3O6S/c1-2-24-13-5-3-12(4-6-13)15-17-18-16(25-15)26(21,22)11-14(20)19-7-9-23-10-8-19/h3-6H,2,7-11H2,1H3. The van der Waals surface area contributed by atoms with Crippen LogP contribution < -0.4 is 4.74 Å². The van der Waals surface area contributed by atoms with Crippen molar-refractivity contribution < 1.29 is 27.1 Å². The highest BCUT2D eigenvalue weighted by Crippen LogP contribution is 2.23. The summed E-state index contributed by atoms with van der Waals surface area (Å²) in [5, 5.41) is 6.79. The first-order chi connectivity index (χ1) is 12.5. The first kappa shape index (κ1) is 18.3. The molecule has 0 aliphatic carbocycles. The van der Waals surface area contributed by atoms with Crippen LogP contribution in [0, 0.1) is 0 Å². The van der Waals surface area contributed by atoms with E-state index in [4.69, 9.17) is 13.9 Å². The van der Waals surface area contributed by atoms with Crippen molar-refractivity contribution in [2.45, 2.75) is 12.1 Å². The Morgan fingerprint density at radius 3 is 2.54 bits per heavy atom. The van der Waals surface area contributed by atoms with Gasteiger partial charge in [0.15, 0.2) is 0 Å². The van der Waals surface area contributed by atoms with Crippen LogP contribution in [0.25, 0.3) is 11.5 Å². The van der Waals surface area contributed by atoms with Gasteiger partial charge in [0.05, 0.1) is 19.8 Å². The first-order valence-corrected chi connectivity index (χ1v) is 9.80. The van der Waals surface area contributed by atoms with Gasteiger partial charge in [-0.05, 0) is 31.2 Å². The number of rotatable bonds is 6. The van der Waals surface area contributed by atoms with Crippen molar-refractivity contribution in [3.05, 3.63) is 24.3 Å². The van der Waals surface area contributed by atoms with E-state index < -0.39 is 26.7 Å². The number of benzene rings is 1. The zero-order valence-corrected chi connectivity index (χ0v) is 15.1. The Balaban J connectivity index is 1.72. The van der Waals surface area contributed by atoms with Gasteiger partial charge in [-0.25, -0.2) is 8.42 Å². The van der Waals surface area contributed by atoms with Crippen molar-refractivity contribution in [1.29, 1.82) is 0 Å². The van der Waals surface area contributed by atoms with Crippen molar-refractivity contribution in [2.24, 2.45) is 0 Å². The molecule has 140 valence electrons.